The monoisotopic (exact) mass is 310 g/mol. The van der Waals surface area contributed by atoms with Crippen LogP contribution in [0.15, 0.2) is 47.6 Å². The molecule has 0 atom stereocenters. The fraction of sp³-hybridized carbons (Fsp3) is 0.263. The Morgan fingerprint density at radius 2 is 1.91 bits per heavy atom. The first-order valence-electron chi connectivity index (χ1n) is 7.69. The molecule has 2 aromatic rings. The molecule has 2 rings (SSSR count). The van der Waals surface area contributed by atoms with Crippen molar-refractivity contribution >= 4 is 12.1 Å². The minimum Gasteiger partial charge on any atom is -0.494 e. The third-order valence-electron chi connectivity index (χ3n) is 3.45. The van der Waals surface area contributed by atoms with Gasteiger partial charge in [0.25, 0.3) is 0 Å². The number of hydrogen-bond donors (Lipinski definition) is 1. The Morgan fingerprint density at radius 1 is 1.17 bits per heavy atom. The molecule has 1 amide bonds. The lowest BCUT2D eigenvalue weighted by atomic mass is 10.0. The van der Waals surface area contributed by atoms with Gasteiger partial charge in [-0.3, -0.25) is 4.79 Å². The summed E-state index contributed by atoms with van der Waals surface area (Å²) in [6, 6.07) is 13.6. The van der Waals surface area contributed by atoms with E-state index in [9.17, 15) is 4.79 Å². The SMILES string of the molecule is CCOc1ccc(/C=N/NC(=O)Cc2cc(C)ccc2C)cc1. The molecule has 0 saturated heterocycles. The number of carbonyl (C=O) groups is 1. The molecule has 0 spiro atoms. The summed E-state index contributed by atoms with van der Waals surface area (Å²) in [6.07, 6.45) is 1.95. The maximum Gasteiger partial charge on any atom is 0.244 e. The van der Waals surface area contributed by atoms with Crippen LogP contribution >= 0.6 is 0 Å². The maximum atomic E-state index is 12.0. The molecule has 0 unspecified atom stereocenters. The van der Waals surface area contributed by atoms with Crippen LogP contribution in [0.3, 0.4) is 0 Å². The highest BCUT2D eigenvalue weighted by atomic mass is 16.5. The van der Waals surface area contributed by atoms with E-state index in [4.69, 9.17) is 4.74 Å². The lowest BCUT2D eigenvalue weighted by Gasteiger charge is -2.06. The topological polar surface area (TPSA) is 50.7 Å². The van der Waals surface area contributed by atoms with Crippen LogP contribution in [-0.2, 0) is 11.2 Å². The van der Waals surface area contributed by atoms with Gasteiger partial charge in [-0.25, -0.2) is 5.43 Å². The Hall–Kier alpha value is -2.62. The molecule has 0 aliphatic heterocycles. The number of nitrogens with zero attached hydrogens (tertiary/aromatic N) is 1. The zero-order valence-corrected chi connectivity index (χ0v) is 13.8. The van der Waals surface area contributed by atoms with Crippen molar-refractivity contribution in [3.05, 3.63) is 64.7 Å². The molecule has 0 aliphatic rings. The molecule has 0 bridgehead atoms. The standard InChI is InChI=1S/C19H22N2O2/c1-4-23-18-9-7-16(8-10-18)13-20-21-19(22)12-17-11-14(2)5-6-15(17)3/h5-11,13H,4,12H2,1-3H3,(H,21,22)/b20-13+. The number of benzene rings is 2. The van der Waals surface area contributed by atoms with Gasteiger partial charge in [-0.2, -0.15) is 5.10 Å². The first-order chi connectivity index (χ1) is 11.1. The van der Waals surface area contributed by atoms with Crippen molar-refractivity contribution in [1.82, 2.24) is 5.43 Å². The first-order valence-corrected chi connectivity index (χ1v) is 7.69. The van der Waals surface area contributed by atoms with E-state index in [0.717, 1.165) is 28.0 Å². The Bertz CT molecular complexity index is 691. The number of aryl methyl sites for hydroxylation is 2. The van der Waals surface area contributed by atoms with Crippen molar-refractivity contribution in [2.45, 2.75) is 27.2 Å². The van der Waals surface area contributed by atoms with Gasteiger partial charge < -0.3 is 4.74 Å². The molecule has 120 valence electrons. The Labute approximate surface area is 137 Å². The van der Waals surface area contributed by atoms with Crippen molar-refractivity contribution in [3.63, 3.8) is 0 Å². The van der Waals surface area contributed by atoms with Gasteiger partial charge in [-0.1, -0.05) is 23.8 Å². The minimum absolute atomic E-state index is 0.124. The highest BCUT2D eigenvalue weighted by molar-refractivity contribution is 5.83. The van der Waals surface area contributed by atoms with E-state index in [1.54, 1.807) is 6.21 Å². The van der Waals surface area contributed by atoms with Gasteiger partial charge in [0.2, 0.25) is 5.91 Å². The second kappa shape index (κ2) is 8.13. The van der Waals surface area contributed by atoms with Crippen LogP contribution in [0.1, 0.15) is 29.2 Å². The van der Waals surface area contributed by atoms with Crippen LogP contribution in [-0.4, -0.2) is 18.7 Å². The summed E-state index contributed by atoms with van der Waals surface area (Å²) in [5.41, 5.74) is 6.76. The molecular weight excluding hydrogens is 288 g/mol. The molecule has 0 radical (unpaired) electrons. The van der Waals surface area contributed by atoms with E-state index in [1.165, 1.54) is 0 Å². The van der Waals surface area contributed by atoms with Crippen LogP contribution in [0, 0.1) is 13.8 Å². The van der Waals surface area contributed by atoms with Gasteiger partial charge in [0.15, 0.2) is 0 Å². The van der Waals surface area contributed by atoms with Crippen LogP contribution in [0.4, 0.5) is 0 Å². The van der Waals surface area contributed by atoms with Gasteiger partial charge in [-0.15, -0.1) is 0 Å². The van der Waals surface area contributed by atoms with Crippen LogP contribution in [0.25, 0.3) is 0 Å². The average molecular weight is 310 g/mol. The maximum absolute atomic E-state index is 12.0. The van der Waals surface area contributed by atoms with E-state index < -0.39 is 0 Å². The summed E-state index contributed by atoms with van der Waals surface area (Å²) in [5, 5.41) is 4.00. The summed E-state index contributed by atoms with van der Waals surface area (Å²) >= 11 is 0. The lowest BCUT2D eigenvalue weighted by molar-refractivity contribution is -0.120. The second-order valence-electron chi connectivity index (χ2n) is 5.40. The third-order valence-corrected chi connectivity index (χ3v) is 3.45. The number of rotatable bonds is 6. The number of hydrogen-bond acceptors (Lipinski definition) is 3. The van der Waals surface area contributed by atoms with E-state index in [-0.39, 0.29) is 5.91 Å². The highest BCUT2D eigenvalue weighted by Crippen LogP contribution is 2.12. The molecule has 1 N–H and O–H groups in total. The molecule has 4 heteroatoms. The van der Waals surface area contributed by atoms with Gasteiger partial charge in [0, 0.05) is 0 Å². The van der Waals surface area contributed by atoms with Crippen molar-refractivity contribution < 1.29 is 9.53 Å². The Kier molecular flexibility index (Phi) is 5.92. The van der Waals surface area contributed by atoms with E-state index in [1.807, 2.05) is 63.2 Å². The summed E-state index contributed by atoms with van der Waals surface area (Å²) in [5.74, 6) is 0.699. The van der Waals surface area contributed by atoms with Gasteiger partial charge in [-0.05, 0) is 61.7 Å². The Morgan fingerprint density at radius 3 is 2.61 bits per heavy atom. The number of hydrazone groups is 1. The van der Waals surface area contributed by atoms with Crippen molar-refractivity contribution in [1.29, 1.82) is 0 Å². The smallest absolute Gasteiger partial charge is 0.244 e. The molecule has 2 aromatic carbocycles. The predicted molar refractivity (Wildman–Crippen MR) is 93.0 cm³/mol. The van der Waals surface area contributed by atoms with Crippen molar-refractivity contribution in [2.75, 3.05) is 6.61 Å². The van der Waals surface area contributed by atoms with Gasteiger partial charge in [0.1, 0.15) is 5.75 Å². The highest BCUT2D eigenvalue weighted by Gasteiger charge is 2.05. The largest absolute Gasteiger partial charge is 0.494 e. The molecule has 0 aromatic heterocycles. The molecule has 0 fully saturated rings. The van der Waals surface area contributed by atoms with E-state index in [2.05, 4.69) is 10.5 Å². The Balaban J connectivity index is 1.89. The van der Waals surface area contributed by atoms with Crippen molar-refractivity contribution in [2.24, 2.45) is 5.10 Å². The first kappa shape index (κ1) is 16.7. The second-order valence-corrected chi connectivity index (χ2v) is 5.40. The fourth-order valence-electron chi connectivity index (χ4n) is 2.20. The third kappa shape index (κ3) is 5.25. The molecule has 0 heterocycles. The quantitative estimate of drug-likeness (QED) is 0.657. The van der Waals surface area contributed by atoms with Gasteiger partial charge in [0.05, 0.1) is 19.2 Å². The van der Waals surface area contributed by atoms with Crippen molar-refractivity contribution in [3.8, 4) is 5.75 Å². The van der Waals surface area contributed by atoms with Crippen LogP contribution < -0.4 is 10.2 Å². The van der Waals surface area contributed by atoms with E-state index >= 15 is 0 Å². The molecule has 23 heavy (non-hydrogen) atoms. The summed E-state index contributed by atoms with van der Waals surface area (Å²) in [6.45, 7) is 6.61. The number of amides is 1. The summed E-state index contributed by atoms with van der Waals surface area (Å²) < 4.78 is 5.38. The lowest BCUT2D eigenvalue weighted by Crippen LogP contribution is -2.20. The molecule has 0 aliphatic carbocycles. The molecular formula is C19H22N2O2. The minimum atomic E-state index is -0.124. The average Bonchev–Trinajstić information content (AvgIpc) is 2.53. The van der Waals surface area contributed by atoms with Crippen LogP contribution in [0.5, 0.6) is 5.75 Å². The number of carbonyl (C=O) groups excluding carboxylic acids is 1. The number of ether oxygens (including phenoxy) is 1. The zero-order chi connectivity index (χ0) is 16.7. The summed E-state index contributed by atoms with van der Waals surface area (Å²) in [7, 11) is 0. The normalized spacial score (nSPS) is 10.7. The molecule has 4 nitrogen and oxygen atoms in total. The fourth-order valence-corrected chi connectivity index (χ4v) is 2.20. The zero-order valence-electron chi connectivity index (χ0n) is 13.8. The van der Waals surface area contributed by atoms with E-state index in [0.29, 0.717) is 13.0 Å². The predicted octanol–water partition coefficient (Wildman–Crippen LogP) is 3.39. The summed E-state index contributed by atoms with van der Waals surface area (Å²) in [4.78, 5) is 12.0. The van der Waals surface area contributed by atoms with Gasteiger partial charge >= 0.3 is 0 Å². The molecule has 0 saturated carbocycles. The number of nitrogens with one attached hydrogen (secondary N) is 1. The van der Waals surface area contributed by atoms with Crippen LogP contribution in [0.2, 0.25) is 0 Å².